The lowest BCUT2D eigenvalue weighted by Gasteiger charge is -2.30. The summed E-state index contributed by atoms with van der Waals surface area (Å²) in [7, 11) is 2.74. The molecule has 2 aromatic carbocycles. The highest BCUT2D eigenvalue weighted by Gasteiger charge is 2.43. The lowest BCUT2D eigenvalue weighted by molar-refractivity contribution is 0.00685. The SMILES string of the molecule is C=C(C)CC(F)(F)C(=C)N1N=C(/C(=C(/C2=CC=CCC2C)c2ccc(P)cc2)C(C)C)CC1c1ccc(Cl)cc1. The third-order valence-corrected chi connectivity index (χ3v) is 8.10. The molecule has 3 atom stereocenters. The van der Waals surface area contributed by atoms with E-state index in [4.69, 9.17) is 16.7 Å². The molecule has 0 bridgehead atoms. The largest absolute Gasteiger partial charge is 0.292 e. The zero-order chi connectivity index (χ0) is 29.2. The van der Waals surface area contributed by atoms with Crippen molar-refractivity contribution in [3.8, 4) is 0 Å². The highest BCUT2D eigenvalue weighted by Crippen LogP contribution is 2.45. The monoisotopic (exact) mass is 578 g/mol. The summed E-state index contributed by atoms with van der Waals surface area (Å²) >= 11 is 6.18. The number of benzene rings is 2. The number of halogens is 3. The Morgan fingerprint density at radius 1 is 1.12 bits per heavy atom. The molecule has 4 rings (SSSR count). The van der Waals surface area contributed by atoms with Crippen LogP contribution in [0.15, 0.2) is 107 Å². The zero-order valence-electron chi connectivity index (χ0n) is 23.7. The quantitative estimate of drug-likeness (QED) is 0.214. The second kappa shape index (κ2) is 12.4. The number of allylic oxidation sites excluding steroid dienone is 8. The smallest absolute Gasteiger partial charge is 0.256 e. The van der Waals surface area contributed by atoms with Crippen LogP contribution in [0.3, 0.4) is 0 Å². The number of hydrazone groups is 1. The lowest BCUT2D eigenvalue weighted by atomic mass is 9.78. The minimum atomic E-state index is -3.18. The maximum Gasteiger partial charge on any atom is 0.292 e. The van der Waals surface area contributed by atoms with Gasteiger partial charge < -0.3 is 0 Å². The number of rotatable bonds is 9. The van der Waals surface area contributed by atoms with E-state index in [-0.39, 0.29) is 11.6 Å². The van der Waals surface area contributed by atoms with Gasteiger partial charge in [-0.1, -0.05) is 106 Å². The van der Waals surface area contributed by atoms with Gasteiger partial charge in [-0.25, -0.2) is 0 Å². The second-order valence-electron chi connectivity index (χ2n) is 11.2. The third kappa shape index (κ3) is 6.56. The van der Waals surface area contributed by atoms with Crippen LogP contribution in [0, 0.1) is 11.8 Å². The van der Waals surface area contributed by atoms with E-state index >= 15 is 8.78 Å². The fraction of sp³-hybridized carbons (Fsp3) is 0.324. The van der Waals surface area contributed by atoms with Gasteiger partial charge in [0.2, 0.25) is 0 Å². The summed E-state index contributed by atoms with van der Waals surface area (Å²) < 4.78 is 30.9. The molecule has 0 saturated carbocycles. The molecule has 3 unspecified atom stereocenters. The van der Waals surface area contributed by atoms with Crippen LogP contribution in [-0.4, -0.2) is 16.6 Å². The maximum absolute atomic E-state index is 15.4. The van der Waals surface area contributed by atoms with E-state index in [0.717, 1.165) is 39.7 Å². The summed E-state index contributed by atoms with van der Waals surface area (Å²) in [5.74, 6) is -2.78. The lowest BCUT2D eigenvalue weighted by Crippen LogP contribution is -2.31. The van der Waals surface area contributed by atoms with Crippen LogP contribution < -0.4 is 5.30 Å². The third-order valence-electron chi connectivity index (χ3n) is 7.47. The van der Waals surface area contributed by atoms with Gasteiger partial charge in [-0.2, -0.15) is 13.9 Å². The first-order valence-corrected chi connectivity index (χ1v) is 14.7. The molecule has 0 amide bonds. The average Bonchev–Trinajstić information content (AvgIpc) is 3.32. The van der Waals surface area contributed by atoms with Crippen LogP contribution in [0.25, 0.3) is 5.57 Å². The predicted molar refractivity (Wildman–Crippen MR) is 170 cm³/mol. The molecule has 0 N–H and O–H groups in total. The van der Waals surface area contributed by atoms with Crippen molar-refractivity contribution in [2.24, 2.45) is 16.9 Å². The van der Waals surface area contributed by atoms with Crippen molar-refractivity contribution in [3.63, 3.8) is 0 Å². The van der Waals surface area contributed by atoms with Gasteiger partial charge in [0.1, 0.15) is 0 Å². The fourth-order valence-corrected chi connectivity index (χ4v) is 5.80. The van der Waals surface area contributed by atoms with Gasteiger partial charge in [-0.3, -0.25) is 5.01 Å². The molecule has 6 heteroatoms. The summed E-state index contributed by atoms with van der Waals surface area (Å²) in [5.41, 5.74) is 6.27. The van der Waals surface area contributed by atoms with Gasteiger partial charge in [-0.15, -0.1) is 9.24 Å². The van der Waals surface area contributed by atoms with Crippen molar-refractivity contribution < 1.29 is 8.78 Å². The molecular formula is C34H38ClF2N2P. The van der Waals surface area contributed by atoms with E-state index in [0.29, 0.717) is 22.9 Å². The molecular weight excluding hydrogens is 541 g/mol. The highest BCUT2D eigenvalue weighted by atomic mass is 35.5. The maximum atomic E-state index is 15.4. The van der Waals surface area contributed by atoms with Gasteiger partial charge in [0.25, 0.3) is 5.92 Å². The fourth-order valence-electron chi connectivity index (χ4n) is 5.48. The van der Waals surface area contributed by atoms with Gasteiger partial charge >= 0.3 is 0 Å². The molecule has 2 nitrogen and oxygen atoms in total. The molecule has 1 aliphatic heterocycles. The molecule has 0 saturated heterocycles. The Morgan fingerprint density at radius 2 is 1.77 bits per heavy atom. The average molecular weight is 579 g/mol. The van der Waals surface area contributed by atoms with Crippen LogP contribution in [-0.2, 0) is 0 Å². The predicted octanol–water partition coefficient (Wildman–Crippen LogP) is 9.69. The second-order valence-corrected chi connectivity index (χ2v) is 12.3. The summed E-state index contributed by atoms with van der Waals surface area (Å²) in [4.78, 5) is 0. The molecule has 0 spiro atoms. The topological polar surface area (TPSA) is 15.6 Å². The molecule has 210 valence electrons. The van der Waals surface area contributed by atoms with E-state index in [2.05, 4.69) is 85.7 Å². The Hall–Kier alpha value is -2.81. The molecule has 2 aromatic rings. The Labute approximate surface area is 245 Å². The number of hydrogen-bond acceptors (Lipinski definition) is 2. The van der Waals surface area contributed by atoms with Crippen molar-refractivity contribution in [1.29, 1.82) is 0 Å². The standard InChI is InChI=1S/C34H38ClF2N2P/c1-21(2)20-34(36,37)24(6)39-31(25-11-15-27(35)16-12-25)19-30(38-39)32(22(3)4)33(26-13-17-28(40)18-14-26)29-10-8-7-9-23(29)5/h7-8,10-18,22-23,31H,1,6,9,19-20,40H2,2-5H3/b33-32+. The van der Waals surface area contributed by atoms with E-state index in [1.54, 1.807) is 19.1 Å². The summed E-state index contributed by atoms with van der Waals surface area (Å²) in [6.07, 6.45) is 7.42. The number of nitrogens with zero attached hydrogens (tertiary/aromatic N) is 2. The van der Waals surface area contributed by atoms with E-state index in [9.17, 15) is 0 Å². The van der Waals surface area contributed by atoms with Crippen LogP contribution in [0.2, 0.25) is 5.02 Å². The van der Waals surface area contributed by atoms with Gasteiger partial charge in [0.05, 0.1) is 17.5 Å². The van der Waals surface area contributed by atoms with Crippen LogP contribution >= 0.6 is 20.8 Å². The van der Waals surface area contributed by atoms with E-state index < -0.39 is 18.4 Å². The summed E-state index contributed by atoms with van der Waals surface area (Å²) in [6.45, 7) is 15.7. The molecule has 1 aliphatic carbocycles. The van der Waals surface area contributed by atoms with E-state index in [1.807, 2.05) is 12.1 Å². The Balaban J connectivity index is 1.93. The zero-order valence-corrected chi connectivity index (χ0v) is 25.6. The van der Waals surface area contributed by atoms with Crippen LogP contribution in [0.1, 0.15) is 64.1 Å². The van der Waals surface area contributed by atoms with Crippen molar-refractivity contribution in [2.75, 3.05) is 0 Å². The molecule has 40 heavy (non-hydrogen) atoms. The Bertz CT molecular complexity index is 1400. The molecule has 2 aliphatic rings. The first-order valence-electron chi connectivity index (χ1n) is 13.7. The van der Waals surface area contributed by atoms with Crippen molar-refractivity contribution in [1.82, 2.24) is 5.01 Å². The molecule has 1 heterocycles. The normalized spacial score (nSPS) is 19.9. The summed E-state index contributed by atoms with van der Waals surface area (Å²) in [5, 5.41) is 8.08. The van der Waals surface area contributed by atoms with Crippen LogP contribution in [0.5, 0.6) is 0 Å². The number of alkyl halides is 2. The molecule has 0 fully saturated rings. The Kier molecular flexibility index (Phi) is 9.33. The van der Waals surface area contributed by atoms with Gasteiger partial charge in [-0.05, 0) is 70.5 Å². The molecule has 0 aromatic heterocycles. The van der Waals surface area contributed by atoms with Gasteiger partial charge in [0.15, 0.2) is 0 Å². The molecule has 0 radical (unpaired) electrons. The van der Waals surface area contributed by atoms with E-state index in [1.165, 1.54) is 10.6 Å². The highest BCUT2D eigenvalue weighted by molar-refractivity contribution is 7.27. The van der Waals surface area contributed by atoms with Crippen molar-refractivity contribution in [2.45, 2.75) is 58.9 Å². The minimum absolute atomic E-state index is 0.0958. The van der Waals surface area contributed by atoms with Crippen molar-refractivity contribution >= 4 is 37.4 Å². The van der Waals surface area contributed by atoms with Crippen molar-refractivity contribution in [3.05, 3.63) is 118 Å². The van der Waals surface area contributed by atoms with Crippen LogP contribution in [0.4, 0.5) is 8.78 Å². The first-order chi connectivity index (χ1) is 18.9. The first kappa shape index (κ1) is 30.2. The minimum Gasteiger partial charge on any atom is -0.256 e. The number of hydrogen-bond donors (Lipinski definition) is 0. The Morgan fingerprint density at radius 3 is 2.35 bits per heavy atom. The summed E-state index contributed by atoms with van der Waals surface area (Å²) in [6, 6.07) is 15.4. The van der Waals surface area contributed by atoms with Gasteiger partial charge in [0, 0.05) is 17.9 Å².